The molecule has 0 amide bonds. The molecule has 5 aromatic rings. The number of benzene rings is 2. The minimum atomic E-state index is -2.56. The molecule has 3 aromatic heterocycles. The number of hydrogen-bond acceptors (Lipinski definition) is 6. The fourth-order valence-electron chi connectivity index (χ4n) is 3.66. The molecule has 32 heavy (non-hydrogen) atoms. The number of fused-ring (bicyclic) bond motifs is 2. The molecule has 1 atom stereocenters. The van der Waals surface area contributed by atoms with Crippen LogP contribution in [0.3, 0.4) is 0 Å². The van der Waals surface area contributed by atoms with Crippen LogP contribution in [-0.2, 0) is 4.57 Å². The Hall–Kier alpha value is -3.51. The van der Waals surface area contributed by atoms with Gasteiger partial charge in [-0.1, -0.05) is 23.4 Å². The molecule has 0 saturated heterocycles. The van der Waals surface area contributed by atoms with Gasteiger partial charge in [0.2, 0.25) is 5.65 Å². The smallest absolute Gasteiger partial charge is 0.221 e. The van der Waals surface area contributed by atoms with Crippen LogP contribution in [0.4, 0.5) is 4.39 Å². The van der Waals surface area contributed by atoms with E-state index >= 15 is 0 Å². The monoisotopic (exact) mass is 446 g/mol. The van der Waals surface area contributed by atoms with Crippen molar-refractivity contribution in [3.05, 3.63) is 72.3 Å². The number of halogens is 1. The molecule has 5 rings (SSSR count). The SMILES string of the molecule is CC(c1ccc2ncccc2c1)n1nnc2ncc(-c3ccc(P(C)(C)=O)cc3F)nc21. The van der Waals surface area contributed by atoms with Gasteiger partial charge >= 0.3 is 0 Å². The van der Waals surface area contributed by atoms with Crippen molar-refractivity contribution in [2.24, 2.45) is 0 Å². The number of hydrogen-bond donors (Lipinski definition) is 0. The summed E-state index contributed by atoms with van der Waals surface area (Å²) in [5.74, 6) is -0.492. The number of nitrogens with zero attached hydrogens (tertiary/aromatic N) is 6. The lowest BCUT2D eigenvalue weighted by molar-refractivity contribution is 0.556. The minimum absolute atomic E-state index is 0.174. The highest BCUT2D eigenvalue weighted by Gasteiger charge is 2.19. The van der Waals surface area contributed by atoms with Crippen LogP contribution < -0.4 is 5.30 Å². The Morgan fingerprint density at radius 3 is 2.69 bits per heavy atom. The van der Waals surface area contributed by atoms with Crippen LogP contribution in [0.5, 0.6) is 0 Å². The maximum absolute atomic E-state index is 14.8. The lowest BCUT2D eigenvalue weighted by Crippen LogP contribution is -2.10. The maximum Gasteiger partial charge on any atom is 0.221 e. The summed E-state index contributed by atoms with van der Waals surface area (Å²) in [5, 5.41) is 9.89. The zero-order chi connectivity index (χ0) is 22.5. The molecule has 160 valence electrons. The fraction of sp³-hybridized carbons (Fsp3) is 0.174. The van der Waals surface area contributed by atoms with E-state index in [1.807, 2.05) is 31.2 Å². The van der Waals surface area contributed by atoms with E-state index in [2.05, 4.69) is 31.3 Å². The first-order valence-electron chi connectivity index (χ1n) is 10.1. The highest BCUT2D eigenvalue weighted by Crippen LogP contribution is 2.36. The molecule has 0 spiro atoms. The Balaban J connectivity index is 1.57. The van der Waals surface area contributed by atoms with Crippen molar-refractivity contribution in [1.82, 2.24) is 29.9 Å². The van der Waals surface area contributed by atoms with E-state index in [0.29, 0.717) is 22.3 Å². The molecule has 0 N–H and O–H groups in total. The van der Waals surface area contributed by atoms with Gasteiger partial charge in [0.15, 0.2) is 5.65 Å². The predicted molar refractivity (Wildman–Crippen MR) is 123 cm³/mol. The topological polar surface area (TPSA) is 86.5 Å². The van der Waals surface area contributed by atoms with E-state index in [4.69, 9.17) is 0 Å². The Kier molecular flexibility index (Phi) is 4.82. The highest BCUT2D eigenvalue weighted by atomic mass is 31.2. The summed E-state index contributed by atoms with van der Waals surface area (Å²) in [6.07, 6.45) is 3.24. The van der Waals surface area contributed by atoms with E-state index < -0.39 is 13.0 Å². The summed E-state index contributed by atoms with van der Waals surface area (Å²) < 4.78 is 28.8. The Morgan fingerprint density at radius 2 is 1.91 bits per heavy atom. The lowest BCUT2D eigenvalue weighted by Gasteiger charge is -2.13. The Labute approximate surface area is 183 Å². The van der Waals surface area contributed by atoms with Crippen LogP contribution in [0.25, 0.3) is 33.5 Å². The third kappa shape index (κ3) is 3.56. The fourth-order valence-corrected chi connectivity index (χ4v) is 4.52. The molecule has 0 saturated carbocycles. The van der Waals surface area contributed by atoms with E-state index in [-0.39, 0.29) is 11.6 Å². The van der Waals surface area contributed by atoms with Gasteiger partial charge in [-0.3, -0.25) is 4.98 Å². The molecule has 1 unspecified atom stereocenters. The first kappa shape index (κ1) is 20.4. The quantitative estimate of drug-likeness (QED) is 0.380. The lowest BCUT2D eigenvalue weighted by atomic mass is 10.1. The van der Waals surface area contributed by atoms with Crippen LogP contribution in [0.1, 0.15) is 18.5 Å². The van der Waals surface area contributed by atoms with Crippen molar-refractivity contribution >= 4 is 34.6 Å². The first-order chi connectivity index (χ1) is 15.3. The van der Waals surface area contributed by atoms with E-state index in [9.17, 15) is 8.96 Å². The van der Waals surface area contributed by atoms with E-state index in [1.165, 1.54) is 12.3 Å². The molecule has 7 nitrogen and oxygen atoms in total. The van der Waals surface area contributed by atoms with Crippen LogP contribution in [0.15, 0.2) is 60.9 Å². The normalized spacial score (nSPS) is 13.0. The largest absolute Gasteiger partial charge is 0.319 e. The third-order valence-electron chi connectivity index (χ3n) is 5.52. The van der Waals surface area contributed by atoms with Crippen molar-refractivity contribution < 1.29 is 8.96 Å². The Morgan fingerprint density at radius 1 is 1.06 bits per heavy atom. The van der Waals surface area contributed by atoms with E-state index in [0.717, 1.165) is 16.5 Å². The summed E-state index contributed by atoms with van der Waals surface area (Å²) in [5.41, 5.74) is 3.42. The van der Waals surface area contributed by atoms with Gasteiger partial charge in [-0.05, 0) is 56.1 Å². The molecule has 0 fully saturated rings. The van der Waals surface area contributed by atoms with Crippen molar-refractivity contribution in [2.45, 2.75) is 13.0 Å². The summed E-state index contributed by atoms with van der Waals surface area (Å²) in [6, 6.07) is 14.3. The third-order valence-corrected chi connectivity index (χ3v) is 7.04. The Bertz CT molecular complexity index is 1530. The van der Waals surface area contributed by atoms with Gasteiger partial charge < -0.3 is 4.57 Å². The van der Waals surface area contributed by atoms with Crippen LogP contribution in [0.2, 0.25) is 0 Å². The summed E-state index contributed by atoms with van der Waals surface area (Å²) >= 11 is 0. The molecule has 2 aromatic carbocycles. The zero-order valence-corrected chi connectivity index (χ0v) is 18.7. The van der Waals surface area contributed by atoms with Crippen LogP contribution >= 0.6 is 7.14 Å². The van der Waals surface area contributed by atoms with E-state index in [1.54, 1.807) is 36.3 Å². The van der Waals surface area contributed by atoms with Gasteiger partial charge in [0.25, 0.3) is 0 Å². The second-order valence-corrected chi connectivity index (χ2v) is 11.3. The molecule has 9 heteroatoms. The van der Waals surface area contributed by atoms with Crippen molar-refractivity contribution in [3.63, 3.8) is 0 Å². The highest BCUT2D eigenvalue weighted by molar-refractivity contribution is 7.70. The van der Waals surface area contributed by atoms with Crippen LogP contribution in [-0.4, -0.2) is 43.3 Å². The minimum Gasteiger partial charge on any atom is -0.319 e. The molecular formula is C23H20FN6OP. The average molecular weight is 446 g/mol. The van der Waals surface area contributed by atoms with Gasteiger partial charge in [0.1, 0.15) is 13.0 Å². The summed E-state index contributed by atoms with van der Waals surface area (Å²) in [6.45, 7) is 5.22. The molecule has 0 bridgehead atoms. The predicted octanol–water partition coefficient (Wildman–Crippen LogP) is 4.43. The van der Waals surface area contributed by atoms with Gasteiger partial charge in [0, 0.05) is 22.5 Å². The number of pyridine rings is 1. The van der Waals surface area contributed by atoms with Crippen molar-refractivity contribution in [1.29, 1.82) is 0 Å². The summed E-state index contributed by atoms with van der Waals surface area (Å²) in [4.78, 5) is 13.3. The summed E-state index contributed by atoms with van der Waals surface area (Å²) in [7, 11) is -2.56. The van der Waals surface area contributed by atoms with Gasteiger partial charge in [0.05, 0.1) is 23.4 Å². The number of rotatable bonds is 4. The molecular weight excluding hydrogens is 426 g/mol. The second-order valence-electron chi connectivity index (χ2n) is 8.08. The molecule has 0 aliphatic heterocycles. The maximum atomic E-state index is 14.8. The molecule has 0 aliphatic rings. The molecule has 0 aliphatic carbocycles. The van der Waals surface area contributed by atoms with Crippen molar-refractivity contribution in [3.8, 4) is 11.3 Å². The molecule has 3 heterocycles. The number of aromatic nitrogens is 6. The van der Waals surface area contributed by atoms with Gasteiger partial charge in [-0.25, -0.2) is 19.0 Å². The van der Waals surface area contributed by atoms with Crippen molar-refractivity contribution in [2.75, 3.05) is 13.3 Å². The van der Waals surface area contributed by atoms with Gasteiger partial charge in [-0.2, -0.15) is 0 Å². The van der Waals surface area contributed by atoms with Gasteiger partial charge in [-0.15, -0.1) is 5.10 Å². The first-order valence-corrected chi connectivity index (χ1v) is 12.7. The van der Waals surface area contributed by atoms with Crippen LogP contribution in [0, 0.1) is 5.82 Å². The average Bonchev–Trinajstić information content (AvgIpc) is 3.21. The standard InChI is InChI=1S/C23H20FN6OP/c1-14(15-6-9-20-16(11-15)5-4-10-25-20)30-23-22(28-29-30)26-13-21(27-23)18-8-7-17(12-19(18)24)32(2,3)31/h4-14H,1-3H3. The molecule has 0 radical (unpaired) electrons. The second kappa shape index (κ2) is 7.57. The zero-order valence-electron chi connectivity index (χ0n) is 17.8.